The Balaban J connectivity index is 0.00000450. The maximum atomic E-state index is 11.6. The molecule has 1 atom stereocenters. The molecule has 0 spiro atoms. The summed E-state index contributed by atoms with van der Waals surface area (Å²) in [6.45, 7) is 7.63. The zero-order chi connectivity index (χ0) is 21.3. The SMILES string of the molecule is CCNC(=NCc1ccccc1NS(C)(=O)=O)NCC(C)Oc1cccc(C)c1.I. The molecule has 0 fully saturated rings. The molecule has 7 nitrogen and oxygen atoms in total. The monoisotopic (exact) mass is 546 g/mol. The van der Waals surface area contributed by atoms with Gasteiger partial charge in [0, 0.05) is 6.54 Å². The summed E-state index contributed by atoms with van der Waals surface area (Å²) in [5.74, 6) is 1.48. The molecule has 0 aliphatic heterocycles. The van der Waals surface area contributed by atoms with Gasteiger partial charge in [0.15, 0.2) is 5.96 Å². The van der Waals surface area contributed by atoms with Crippen molar-refractivity contribution in [2.45, 2.75) is 33.4 Å². The van der Waals surface area contributed by atoms with Gasteiger partial charge in [-0.15, -0.1) is 24.0 Å². The Bertz CT molecular complexity index is 935. The lowest BCUT2D eigenvalue weighted by Crippen LogP contribution is -2.41. The van der Waals surface area contributed by atoms with Gasteiger partial charge in [-0.2, -0.15) is 0 Å². The normalized spacial score (nSPS) is 12.5. The van der Waals surface area contributed by atoms with Crippen LogP contribution in [-0.4, -0.2) is 39.8 Å². The van der Waals surface area contributed by atoms with Crippen molar-refractivity contribution >= 4 is 45.6 Å². The second kappa shape index (κ2) is 12.6. The van der Waals surface area contributed by atoms with Gasteiger partial charge in [-0.05, 0) is 50.1 Å². The number of aryl methyl sites for hydroxylation is 1. The summed E-state index contributed by atoms with van der Waals surface area (Å²) in [5.41, 5.74) is 2.48. The molecule has 2 rings (SSSR count). The summed E-state index contributed by atoms with van der Waals surface area (Å²) in [4.78, 5) is 4.57. The van der Waals surface area contributed by atoms with Gasteiger partial charge >= 0.3 is 0 Å². The molecule has 0 heterocycles. The summed E-state index contributed by atoms with van der Waals surface area (Å²) in [6, 6.07) is 15.2. The van der Waals surface area contributed by atoms with E-state index >= 15 is 0 Å². The van der Waals surface area contributed by atoms with E-state index in [1.54, 1.807) is 12.1 Å². The third-order valence-corrected chi connectivity index (χ3v) is 4.54. The largest absolute Gasteiger partial charge is 0.489 e. The van der Waals surface area contributed by atoms with Crippen LogP contribution in [0.5, 0.6) is 5.75 Å². The topological polar surface area (TPSA) is 91.8 Å². The van der Waals surface area contributed by atoms with Gasteiger partial charge < -0.3 is 15.4 Å². The van der Waals surface area contributed by atoms with E-state index in [9.17, 15) is 8.42 Å². The van der Waals surface area contributed by atoms with Crippen LogP contribution in [0, 0.1) is 6.92 Å². The number of benzene rings is 2. The number of nitrogens with one attached hydrogen (secondary N) is 3. The van der Waals surface area contributed by atoms with Crippen molar-refractivity contribution < 1.29 is 13.2 Å². The van der Waals surface area contributed by atoms with Crippen molar-refractivity contribution in [3.63, 3.8) is 0 Å². The molecule has 3 N–H and O–H groups in total. The summed E-state index contributed by atoms with van der Waals surface area (Å²) >= 11 is 0. The first kappa shape index (κ1) is 26.0. The van der Waals surface area contributed by atoms with E-state index in [0.717, 1.165) is 23.1 Å². The molecule has 166 valence electrons. The highest BCUT2D eigenvalue weighted by atomic mass is 127. The predicted octanol–water partition coefficient (Wildman–Crippen LogP) is 3.51. The van der Waals surface area contributed by atoms with Gasteiger partial charge in [-0.3, -0.25) is 4.72 Å². The van der Waals surface area contributed by atoms with Crippen LogP contribution in [0.25, 0.3) is 0 Å². The Kier molecular flexibility index (Phi) is 11.0. The molecule has 2 aromatic rings. The fourth-order valence-corrected chi connectivity index (χ4v) is 3.27. The molecule has 0 aliphatic rings. The van der Waals surface area contributed by atoms with E-state index in [1.165, 1.54) is 0 Å². The fraction of sp³-hybridized carbons (Fsp3) is 0.381. The standard InChI is InChI=1S/C21H30N4O3S.HI/c1-5-22-21(23-14-17(3)28-19-11-8-9-16(2)13-19)24-15-18-10-6-7-12-20(18)25-29(4,26)27;/h6-13,17,25H,5,14-15H2,1-4H3,(H2,22,23,24);1H. The lowest BCUT2D eigenvalue weighted by Gasteiger charge is -2.18. The summed E-state index contributed by atoms with van der Waals surface area (Å²) in [6.07, 6.45) is 1.08. The maximum absolute atomic E-state index is 11.6. The van der Waals surface area contributed by atoms with Crippen molar-refractivity contribution in [2.75, 3.05) is 24.1 Å². The van der Waals surface area contributed by atoms with E-state index < -0.39 is 10.0 Å². The lowest BCUT2D eigenvalue weighted by atomic mass is 10.2. The minimum Gasteiger partial charge on any atom is -0.489 e. The van der Waals surface area contributed by atoms with E-state index in [0.29, 0.717) is 31.3 Å². The van der Waals surface area contributed by atoms with Crippen LogP contribution in [0.4, 0.5) is 5.69 Å². The first-order valence-corrected chi connectivity index (χ1v) is 11.5. The first-order chi connectivity index (χ1) is 13.8. The van der Waals surface area contributed by atoms with Crippen molar-refractivity contribution in [3.8, 4) is 5.75 Å². The number of hydrogen-bond acceptors (Lipinski definition) is 4. The van der Waals surface area contributed by atoms with Crippen LogP contribution >= 0.6 is 24.0 Å². The zero-order valence-electron chi connectivity index (χ0n) is 17.8. The highest BCUT2D eigenvalue weighted by molar-refractivity contribution is 14.0. The zero-order valence-corrected chi connectivity index (χ0v) is 21.0. The third kappa shape index (κ3) is 9.66. The van der Waals surface area contributed by atoms with Crippen LogP contribution < -0.4 is 20.1 Å². The van der Waals surface area contributed by atoms with Crippen LogP contribution in [0.1, 0.15) is 25.0 Å². The summed E-state index contributed by atoms with van der Waals surface area (Å²) in [7, 11) is -3.35. The van der Waals surface area contributed by atoms with Gasteiger partial charge in [0.1, 0.15) is 11.9 Å². The van der Waals surface area contributed by atoms with Gasteiger partial charge in [-0.1, -0.05) is 30.3 Å². The minimum atomic E-state index is -3.35. The number of rotatable bonds is 9. The van der Waals surface area contributed by atoms with Crippen LogP contribution in [0.15, 0.2) is 53.5 Å². The number of sulfonamides is 1. The van der Waals surface area contributed by atoms with Gasteiger partial charge in [0.2, 0.25) is 10.0 Å². The summed E-state index contributed by atoms with van der Waals surface area (Å²) in [5, 5.41) is 6.46. The van der Waals surface area contributed by atoms with Gasteiger partial charge in [0.25, 0.3) is 0 Å². The second-order valence-electron chi connectivity index (χ2n) is 6.85. The van der Waals surface area contributed by atoms with E-state index in [-0.39, 0.29) is 30.1 Å². The molecule has 0 amide bonds. The van der Waals surface area contributed by atoms with Crippen molar-refractivity contribution in [3.05, 3.63) is 59.7 Å². The molecular formula is C21H31IN4O3S. The van der Waals surface area contributed by atoms with Crippen LogP contribution in [0.3, 0.4) is 0 Å². The molecule has 0 radical (unpaired) electrons. The average molecular weight is 546 g/mol. The Morgan fingerprint density at radius 3 is 2.53 bits per heavy atom. The number of hydrogen-bond donors (Lipinski definition) is 3. The third-order valence-electron chi connectivity index (χ3n) is 3.95. The molecule has 1 unspecified atom stereocenters. The van der Waals surface area contributed by atoms with Crippen LogP contribution in [0.2, 0.25) is 0 Å². The second-order valence-corrected chi connectivity index (χ2v) is 8.60. The smallest absolute Gasteiger partial charge is 0.229 e. The number of nitrogens with zero attached hydrogens (tertiary/aromatic N) is 1. The van der Waals surface area contributed by atoms with Gasteiger partial charge in [-0.25, -0.2) is 13.4 Å². The molecule has 0 aliphatic carbocycles. The van der Waals surface area contributed by atoms with Crippen molar-refractivity contribution in [2.24, 2.45) is 4.99 Å². The molecule has 30 heavy (non-hydrogen) atoms. The summed E-state index contributed by atoms with van der Waals surface area (Å²) < 4.78 is 31.6. The Labute approximate surface area is 196 Å². The number of para-hydroxylation sites is 1. The molecule has 9 heteroatoms. The molecular weight excluding hydrogens is 515 g/mol. The Hall–Kier alpha value is -2.01. The predicted molar refractivity (Wildman–Crippen MR) is 134 cm³/mol. The number of anilines is 1. The Morgan fingerprint density at radius 1 is 1.13 bits per heavy atom. The van der Waals surface area contributed by atoms with E-state index in [2.05, 4.69) is 20.3 Å². The van der Waals surface area contributed by atoms with E-state index in [4.69, 9.17) is 4.74 Å². The lowest BCUT2D eigenvalue weighted by molar-refractivity contribution is 0.223. The quantitative estimate of drug-likeness (QED) is 0.255. The van der Waals surface area contributed by atoms with Gasteiger partial charge in [0.05, 0.1) is 25.0 Å². The molecule has 0 saturated heterocycles. The number of ether oxygens (including phenoxy) is 1. The number of guanidine groups is 1. The average Bonchev–Trinajstić information content (AvgIpc) is 2.64. The molecule has 2 aromatic carbocycles. The number of aliphatic imine (C=N–C) groups is 1. The first-order valence-electron chi connectivity index (χ1n) is 9.58. The van der Waals surface area contributed by atoms with Crippen molar-refractivity contribution in [1.29, 1.82) is 0 Å². The molecule has 0 aromatic heterocycles. The number of halogens is 1. The fourth-order valence-electron chi connectivity index (χ4n) is 2.67. The van der Waals surface area contributed by atoms with Crippen LogP contribution in [-0.2, 0) is 16.6 Å². The van der Waals surface area contributed by atoms with Crippen molar-refractivity contribution in [1.82, 2.24) is 10.6 Å². The van der Waals surface area contributed by atoms with E-state index in [1.807, 2.05) is 57.2 Å². The molecule has 0 saturated carbocycles. The Morgan fingerprint density at radius 2 is 1.87 bits per heavy atom. The minimum absolute atomic E-state index is 0. The highest BCUT2D eigenvalue weighted by Crippen LogP contribution is 2.17. The maximum Gasteiger partial charge on any atom is 0.229 e. The molecule has 0 bridgehead atoms. The highest BCUT2D eigenvalue weighted by Gasteiger charge is 2.08.